The zero-order valence-electron chi connectivity index (χ0n) is 18.5. The van der Waals surface area contributed by atoms with Gasteiger partial charge in [-0.25, -0.2) is 4.98 Å². The molecule has 0 saturated carbocycles. The number of aromatic nitrogens is 2. The maximum atomic E-state index is 13.1. The Morgan fingerprint density at radius 1 is 1.20 bits per heavy atom. The monoisotopic (exact) mass is 469 g/mol. The summed E-state index contributed by atoms with van der Waals surface area (Å²) in [6, 6.07) is 4.93. The number of halogens is 2. The van der Waals surface area contributed by atoms with Gasteiger partial charge in [-0.1, -0.05) is 44.0 Å². The molecule has 9 heteroatoms. The Labute approximate surface area is 188 Å². The lowest BCUT2D eigenvalue weighted by molar-refractivity contribution is 0.0943. The molecule has 6 nitrogen and oxygen atoms in total. The average Bonchev–Trinajstić information content (AvgIpc) is 2.59. The van der Waals surface area contributed by atoms with Crippen molar-refractivity contribution < 1.29 is 9.22 Å². The van der Waals surface area contributed by atoms with Crippen LogP contribution in [0.2, 0.25) is 28.2 Å². The lowest BCUT2D eigenvalue weighted by Crippen LogP contribution is -2.46. The molecule has 1 aromatic heterocycles. The first-order valence-corrected chi connectivity index (χ1v) is 13.4. The third-order valence-corrected chi connectivity index (χ3v) is 10.0. The highest BCUT2D eigenvalue weighted by molar-refractivity contribution is 6.74. The molecular formula is C21H29Cl2N3O3Si. The van der Waals surface area contributed by atoms with Crippen LogP contribution in [0.4, 0.5) is 0 Å². The van der Waals surface area contributed by atoms with E-state index in [1.807, 2.05) is 26.9 Å². The van der Waals surface area contributed by atoms with E-state index in [0.717, 1.165) is 5.56 Å². The maximum Gasteiger partial charge on any atom is 0.295 e. The number of nitrogens with zero attached hydrogens (tertiary/aromatic N) is 2. The van der Waals surface area contributed by atoms with Gasteiger partial charge in [0, 0.05) is 22.6 Å². The Morgan fingerprint density at radius 2 is 1.77 bits per heavy atom. The minimum absolute atomic E-state index is 0.000539. The van der Waals surface area contributed by atoms with Gasteiger partial charge in [-0.05, 0) is 55.7 Å². The highest BCUT2D eigenvalue weighted by Crippen LogP contribution is 2.37. The van der Waals surface area contributed by atoms with E-state index in [1.165, 1.54) is 10.9 Å². The van der Waals surface area contributed by atoms with Crippen LogP contribution in [-0.4, -0.2) is 23.8 Å². The maximum absolute atomic E-state index is 13.1. The minimum atomic E-state index is -2.38. The summed E-state index contributed by atoms with van der Waals surface area (Å²) in [5, 5.41) is 3.59. The first-order chi connectivity index (χ1) is 13.7. The summed E-state index contributed by atoms with van der Waals surface area (Å²) in [5.41, 5.74) is 0.360. The third kappa shape index (κ3) is 5.65. The van der Waals surface area contributed by atoms with Gasteiger partial charge in [-0.2, -0.15) is 0 Å². The molecule has 30 heavy (non-hydrogen) atoms. The molecule has 0 aliphatic rings. The second-order valence-electron chi connectivity index (χ2n) is 9.05. The molecule has 0 spiro atoms. The van der Waals surface area contributed by atoms with E-state index in [4.69, 9.17) is 27.6 Å². The Balaban J connectivity index is 2.41. The van der Waals surface area contributed by atoms with E-state index in [1.54, 1.807) is 18.2 Å². The number of hydrogen-bond donors (Lipinski definition) is 1. The predicted molar refractivity (Wildman–Crippen MR) is 124 cm³/mol. The molecule has 0 atom stereocenters. The van der Waals surface area contributed by atoms with Crippen LogP contribution in [0.5, 0.6) is 5.75 Å². The van der Waals surface area contributed by atoms with Crippen molar-refractivity contribution in [2.45, 2.75) is 65.3 Å². The van der Waals surface area contributed by atoms with Crippen molar-refractivity contribution in [3.05, 3.63) is 56.2 Å². The lowest BCUT2D eigenvalue weighted by Gasteiger charge is -2.36. The van der Waals surface area contributed by atoms with E-state index in [9.17, 15) is 9.59 Å². The van der Waals surface area contributed by atoms with E-state index in [2.05, 4.69) is 31.1 Å². The second-order valence-corrected chi connectivity index (χ2v) is 14.6. The number of carbonyl (C=O) groups is 1. The smallest absolute Gasteiger partial charge is 0.295 e. The molecule has 0 aliphatic carbocycles. The topological polar surface area (TPSA) is 73.2 Å². The largest absolute Gasteiger partial charge is 0.538 e. The molecule has 0 aliphatic heterocycles. The van der Waals surface area contributed by atoms with Crippen LogP contribution >= 0.6 is 23.2 Å². The van der Waals surface area contributed by atoms with Crippen LogP contribution in [0.3, 0.4) is 0 Å². The quantitative estimate of drug-likeness (QED) is 0.571. The van der Waals surface area contributed by atoms with E-state index in [-0.39, 0.29) is 34.6 Å². The van der Waals surface area contributed by atoms with Crippen molar-refractivity contribution in [3.63, 3.8) is 0 Å². The van der Waals surface area contributed by atoms with Gasteiger partial charge in [-0.15, -0.1) is 0 Å². The number of benzene rings is 1. The molecular weight excluding hydrogens is 441 g/mol. The Kier molecular flexibility index (Phi) is 7.43. The molecule has 0 radical (unpaired) electrons. The number of amides is 1. The SMILES string of the molecule is CC(C)n1cnc(C(=O)NCc2cc(Cl)cc(Cl)c2)c(O[Si](C)(C)C(C)(C)C)c1=O. The molecule has 0 saturated heterocycles. The molecule has 1 N–H and O–H groups in total. The standard InChI is InChI=1S/C21H29Cl2N3O3Si/c1-13(2)26-12-25-17(18(20(26)28)29-30(6,7)21(3,4)5)19(27)24-11-14-8-15(22)10-16(23)9-14/h8-10,12-13H,11H2,1-7H3,(H,24,27). The van der Waals surface area contributed by atoms with Crippen molar-refractivity contribution in [1.82, 2.24) is 14.9 Å². The van der Waals surface area contributed by atoms with E-state index in [0.29, 0.717) is 10.0 Å². The normalized spacial score (nSPS) is 12.2. The van der Waals surface area contributed by atoms with Crippen LogP contribution in [0, 0.1) is 0 Å². The van der Waals surface area contributed by atoms with Gasteiger partial charge in [0.15, 0.2) is 5.69 Å². The van der Waals surface area contributed by atoms with Crippen molar-refractivity contribution >= 4 is 37.4 Å². The molecule has 2 rings (SSSR count). The molecule has 1 heterocycles. The Bertz CT molecular complexity index is 978. The number of rotatable bonds is 6. The van der Waals surface area contributed by atoms with Crippen molar-refractivity contribution in [2.75, 3.05) is 0 Å². The van der Waals surface area contributed by atoms with Crippen molar-refractivity contribution in [3.8, 4) is 5.75 Å². The second kappa shape index (κ2) is 9.12. The van der Waals surface area contributed by atoms with Gasteiger partial charge >= 0.3 is 0 Å². The molecule has 0 bridgehead atoms. The predicted octanol–water partition coefficient (Wildman–Crippen LogP) is 5.45. The summed E-state index contributed by atoms with van der Waals surface area (Å²) in [6.07, 6.45) is 1.39. The zero-order chi connectivity index (χ0) is 22.9. The lowest BCUT2D eigenvalue weighted by atomic mass is 10.2. The van der Waals surface area contributed by atoms with Gasteiger partial charge < -0.3 is 9.74 Å². The van der Waals surface area contributed by atoms with Crippen LogP contribution in [-0.2, 0) is 6.54 Å². The molecule has 1 amide bonds. The molecule has 0 fully saturated rings. The van der Waals surface area contributed by atoms with Crippen molar-refractivity contribution in [2.24, 2.45) is 0 Å². The van der Waals surface area contributed by atoms with Gasteiger partial charge in [0.2, 0.25) is 5.75 Å². The summed E-state index contributed by atoms with van der Waals surface area (Å²) in [5.74, 6) is -0.493. The zero-order valence-corrected chi connectivity index (χ0v) is 21.0. The van der Waals surface area contributed by atoms with Gasteiger partial charge in [0.05, 0.1) is 6.33 Å². The van der Waals surface area contributed by atoms with Gasteiger partial charge in [0.25, 0.3) is 19.8 Å². The fourth-order valence-corrected chi connectivity index (χ4v) is 4.03. The number of nitrogens with one attached hydrogen (secondary N) is 1. The Morgan fingerprint density at radius 3 is 2.27 bits per heavy atom. The molecule has 2 aromatic rings. The van der Waals surface area contributed by atoms with Gasteiger partial charge in [0.1, 0.15) is 0 Å². The van der Waals surface area contributed by atoms with Crippen LogP contribution in [0.25, 0.3) is 0 Å². The summed E-state index contributed by atoms with van der Waals surface area (Å²) in [7, 11) is -2.38. The van der Waals surface area contributed by atoms with Gasteiger partial charge in [-0.3, -0.25) is 14.2 Å². The van der Waals surface area contributed by atoms with Crippen LogP contribution in [0.15, 0.2) is 29.3 Å². The summed E-state index contributed by atoms with van der Waals surface area (Å²) in [4.78, 5) is 30.3. The number of carbonyl (C=O) groups excluding carboxylic acids is 1. The summed E-state index contributed by atoms with van der Waals surface area (Å²) >= 11 is 12.0. The van der Waals surface area contributed by atoms with Crippen LogP contribution in [0.1, 0.15) is 56.7 Å². The number of hydrogen-bond acceptors (Lipinski definition) is 4. The summed E-state index contributed by atoms with van der Waals surface area (Å²) < 4.78 is 7.74. The minimum Gasteiger partial charge on any atom is -0.538 e. The highest BCUT2D eigenvalue weighted by atomic mass is 35.5. The molecule has 164 valence electrons. The van der Waals surface area contributed by atoms with E-state index < -0.39 is 14.2 Å². The third-order valence-electron chi connectivity index (χ3n) is 5.27. The first-order valence-electron chi connectivity index (χ1n) is 9.76. The average molecular weight is 470 g/mol. The molecule has 1 aromatic carbocycles. The summed E-state index contributed by atoms with van der Waals surface area (Å²) in [6.45, 7) is 14.2. The Hall–Kier alpha value is -1.83. The fourth-order valence-electron chi connectivity index (χ4n) is 2.46. The first kappa shape index (κ1) is 24.4. The highest BCUT2D eigenvalue weighted by Gasteiger charge is 2.41. The van der Waals surface area contributed by atoms with E-state index >= 15 is 0 Å². The fraction of sp³-hybridized carbons (Fsp3) is 0.476. The van der Waals surface area contributed by atoms with Crippen molar-refractivity contribution in [1.29, 1.82) is 0 Å². The van der Waals surface area contributed by atoms with Crippen LogP contribution < -0.4 is 15.3 Å². The molecule has 0 unspecified atom stereocenters.